The summed E-state index contributed by atoms with van der Waals surface area (Å²) in [5.74, 6) is -1.36. The van der Waals surface area contributed by atoms with Crippen LogP contribution in [-0.2, 0) is 23.7 Å². The third-order valence-electron chi connectivity index (χ3n) is 4.11. The first-order valence-corrected chi connectivity index (χ1v) is 7.81. The van der Waals surface area contributed by atoms with E-state index < -0.39 is 42.5 Å². The van der Waals surface area contributed by atoms with Crippen LogP contribution in [0.25, 0.3) is 0 Å². The smallest absolute Gasteiger partial charge is 0.338 e. The van der Waals surface area contributed by atoms with E-state index in [4.69, 9.17) is 23.7 Å². The molecular weight excluding hydrogens is 319 g/mol. The number of halogens is 1. The van der Waals surface area contributed by atoms with Crippen molar-refractivity contribution in [1.29, 1.82) is 0 Å². The number of hydrogen-bond donors (Lipinski definition) is 0. The fourth-order valence-electron chi connectivity index (χ4n) is 2.96. The summed E-state index contributed by atoms with van der Waals surface area (Å²) in [6, 6.07) is 8.49. The number of ether oxygens (including phenoxy) is 5. The normalized spacial score (nSPS) is 35.1. The fraction of sp³-hybridized carbons (Fsp3) is 0.588. The van der Waals surface area contributed by atoms with Gasteiger partial charge in [0.05, 0.1) is 12.2 Å². The molecule has 3 rings (SSSR count). The average Bonchev–Trinajstić information content (AvgIpc) is 3.07. The maximum atomic E-state index is 14.2. The lowest BCUT2D eigenvalue weighted by Gasteiger charge is -2.26. The van der Waals surface area contributed by atoms with Crippen molar-refractivity contribution in [2.24, 2.45) is 0 Å². The lowest BCUT2D eigenvalue weighted by Crippen LogP contribution is -2.44. The van der Waals surface area contributed by atoms with Gasteiger partial charge in [-0.25, -0.2) is 9.18 Å². The van der Waals surface area contributed by atoms with Crippen molar-refractivity contribution in [3.63, 3.8) is 0 Å². The molecule has 0 amide bonds. The van der Waals surface area contributed by atoms with Crippen molar-refractivity contribution < 1.29 is 32.9 Å². The summed E-state index contributed by atoms with van der Waals surface area (Å²) in [4.78, 5) is 12.3. The van der Waals surface area contributed by atoms with E-state index in [0.717, 1.165) is 0 Å². The van der Waals surface area contributed by atoms with Gasteiger partial charge in [0, 0.05) is 7.11 Å². The number of esters is 1. The van der Waals surface area contributed by atoms with Crippen LogP contribution in [0.2, 0.25) is 0 Å². The summed E-state index contributed by atoms with van der Waals surface area (Å²) in [6.45, 7) is 3.74. The van der Waals surface area contributed by atoms with Crippen molar-refractivity contribution in [3.05, 3.63) is 35.9 Å². The Morgan fingerprint density at radius 2 is 1.96 bits per heavy atom. The quantitative estimate of drug-likeness (QED) is 0.782. The summed E-state index contributed by atoms with van der Waals surface area (Å²) >= 11 is 0. The molecule has 0 aromatic heterocycles. The molecule has 2 aliphatic heterocycles. The molecular formula is C17H21FO6. The monoisotopic (exact) mass is 340 g/mol. The highest BCUT2D eigenvalue weighted by Crippen LogP contribution is 2.35. The third-order valence-corrected chi connectivity index (χ3v) is 4.11. The minimum Gasteiger partial charge on any atom is -0.453 e. The van der Waals surface area contributed by atoms with E-state index in [0.29, 0.717) is 5.56 Å². The van der Waals surface area contributed by atoms with Crippen LogP contribution in [0.15, 0.2) is 30.3 Å². The second-order valence-electron chi connectivity index (χ2n) is 6.26. The Balaban J connectivity index is 1.77. The zero-order valence-electron chi connectivity index (χ0n) is 13.8. The van der Waals surface area contributed by atoms with Gasteiger partial charge in [0.25, 0.3) is 0 Å². The van der Waals surface area contributed by atoms with Crippen LogP contribution >= 0.6 is 0 Å². The molecule has 132 valence electrons. The Bertz CT molecular complexity index is 578. The molecule has 0 saturated carbocycles. The molecule has 0 spiro atoms. The third kappa shape index (κ3) is 3.44. The number of hydrogen-bond acceptors (Lipinski definition) is 6. The van der Waals surface area contributed by atoms with E-state index >= 15 is 0 Å². The second kappa shape index (κ2) is 6.76. The van der Waals surface area contributed by atoms with E-state index in [1.807, 2.05) is 0 Å². The van der Waals surface area contributed by atoms with Crippen LogP contribution in [0.4, 0.5) is 4.39 Å². The maximum absolute atomic E-state index is 14.2. The molecule has 2 saturated heterocycles. The molecule has 0 unspecified atom stereocenters. The van der Waals surface area contributed by atoms with Gasteiger partial charge in [-0.2, -0.15) is 0 Å². The molecule has 7 heteroatoms. The molecule has 0 N–H and O–H groups in total. The molecule has 0 bridgehead atoms. The minimum atomic E-state index is -1.71. The van der Waals surface area contributed by atoms with E-state index in [9.17, 15) is 9.18 Å². The maximum Gasteiger partial charge on any atom is 0.338 e. The highest BCUT2D eigenvalue weighted by molar-refractivity contribution is 5.89. The molecule has 5 atom stereocenters. The Labute approximate surface area is 139 Å². The first kappa shape index (κ1) is 17.3. The van der Waals surface area contributed by atoms with Gasteiger partial charge in [-0.3, -0.25) is 0 Å². The van der Waals surface area contributed by atoms with Crippen molar-refractivity contribution in [2.45, 2.75) is 50.4 Å². The summed E-state index contributed by atoms with van der Waals surface area (Å²) in [5, 5.41) is 0. The molecule has 1 aromatic carbocycles. The number of carbonyl (C=O) groups excluding carboxylic acids is 1. The molecule has 0 aliphatic carbocycles. The SMILES string of the molecule is CO[C@@H]1[C@@H](OC(=O)c2ccccc2)[C@@H]([C@@H]2COC(C)(C)O2)O[C@@H]1F. The van der Waals surface area contributed by atoms with Gasteiger partial charge in [-0.15, -0.1) is 0 Å². The Morgan fingerprint density at radius 3 is 2.54 bits per heavy atom. The number of carbonyl (C=O) groups is 1. The van der Waals surface area contributed by atoms with Crippen LogP contribution in [0.5, 0.6) is 0 Å². The molecule has 24 heavy (non-hydrogen) atoms. The molecule has 2 aliphatic rings. The van der Waals surface area contributed by atoms with E-state index in [1.54, 1.807) is 44.2 Å². The topological polar surface area (TPSA) is 63.2 Å². The van der Waals surface area contributed by atoms with Gasteiger partial charge in [0.2, 0.25) is 6.36 Å². The number of rotatable bonds is 4. The molecule has 2 heterocycles. The second-order valence-corrected chi connectivity index (χ2v) is 6.26. The van der Waals surface area contributed by atoms with Crippen LogP contribution in [-0.4, -0.2) is 56.2 Å². The summed E-state index contributed by atoms with van der Waals surface area (Å²) < 4.78 is 41.3. The van der Waals surface area contributed by atoms with E-state index in [-0.39, 0.29) is 6.61 Å². The fourth-order valence-corrected chi connectivity index (χ4v) is 2.96. The van der Waals surface area contributed by atoms with Gasteiger partial charge < -0.3 is 23.7 Å². The van der Waals surface area contributed by atoms with Crippen molar-refractivity contribution in [3.8, 4) is 0 Å². The Kier molecular flexibility index (Phi) is 4.87. The van der Waals surface area contributed by atoms with E-state index in [1.165, 1.54) is 7.11 Å². The Morgan fingerprint density at radius 1 is 1.25 bits per heavy atom. The lowest BCUT2D eigenvalue weighted by molar-refractivity contribution is -0.167. The number of benzene rings is 1. The zero-order chi connectivity index (χ0) is 17.3. The van der Waals surface area contributed by atoms with Gasteiger partial charge in [0.15, 0.2) is 18.0 Å². The van der Waals surface area contributed by atoms with Crippen LogP contribution in [0, 0.1) is 0 Å². The van der Waals surface area contributed by atoms with Gasteiger partial charge in [-0.05, 0) is 26.0 Å². The molecule has 6 nitrogen and oxygen atoms in total. The van der Waals surface area contributed by atoms with Crippen molar-refractivity contribution in [2.75, 3.05) is 13.7 Å². The number of methoxy groups -OCH3 is 1. The van der Waals surface area contributed by atoms with Gasteiger partial charge in [0.1, 0.15) is 12.2 Å². The predicted octanol–water partition coefficient (Wildman–Crippen LogP) is 2.07. The minimum absolute atomic E-state index is 0.222. The van der Waals surface area contributed by atoms with Gasteiger partial charge >= 0.3 is 5.97 Å². The van der Waals surface area contributed by atoms with Crippen molar-refractivity contribution >= 4 is 5.97 Å². The molecule has 2 fully saturated rings. The highest BCUT2D eigenvalue weighted by atomic mass is 19.1. The van der Waals surface area contributed by atoms with Crippen LogP contribution < -0.4 is 0 Å². The summed E-state index contributed by atoms with van der Waals surface area (Å²) in [6.07, 6.45) is -5.01. The predicted molar refractivity (Wildman–Crippen MR) is 81.1 cm³/mol. The zero-order valence-corrected chi connectivity index (χ0v) is 13.8. The average molecular weight is 340 g/mol. The van der Waals surface area contributed by atoms with Crippen LogP contribution in [0.3, 0.4) is 0 Å². The first-order chi connectivity index (χ1) is 11.4. The lowest BCUT2D eigenvalue weighted by atomic mass is 10.1. The van der Waals surface area contributed by atoms with E-state index in [2.05, 4.69) is 0 Å². The standard InChI is InChI=1S/C17H21FO6/c1-17(2)21-9-11(24-17)12-13(14(20-3)15(18)22-12)23-16(19)10-7-5-4-6-8-10/h4-8,11-15H,9H2,1-3H3/t11-,12+,13-,14+,15-/m0/s1. The van der Waals surface area contributed by atoms with Gasteiger partial charge in [-0.1, -0.05) is 18.2 Å². The summed E-state index contributed by atoms with van der Waals surface area (Å²) in [5.41, 5.74) is 0.373. The first-order valence-electron chi connectivity index (χ1n) is 7.81. The number of alkyl halides is 1. The summed E-state index contributed by atoms with van der Waals surface area (Å²) in [7, 11) is 1.35. The molecule has 0 radical (unpaired) electrons. The Hall–Kier alpha value is -1.54. The highest BCUT2D eigenvalue weighted by Gasteiger charge is 2.54. The molecule has 1 aromatic rings. The van der Waals surface area contributed by atoms with Crippen molar-refractivity contribution in [1.82, 2.24) is 0 Å². The van der Waals surface area contributed by atoms with Crippen LogP contribution in [0.1, 0.15) is 24.2 Å². The largest absolute Gasteiger partial charge is 0.453 e.